The van der Waals surface area contributed by atoms with E-state index >= 15 is 0 Å². The number of aliphatic hydroxyl groups is 1. The average molecular weight is 329 g/mol. The number of amidine groups is 1. The van der Waals surface area contributed by atoms with Gasteiger partial charge in [0.15, 0.2) is 0 Å². The Kier molecular flexibility index (Phi) is 3.91. The molecule has 4 unspecified atom stereocenters. The summed E-state index contributed by atoms with van der Waals surface area (Å²) in [4.78, 5) is 5.11. The number of halogens is 1. The van der Waals surface area contributed by atoms with Gasteiger partial charge in [-0.3, -0.25) is 4.99 Å². The van der Waals surface area contributed by atoms with Gasteiger partial charge in [-0.1, -0.05) is 48.0 Å². The summed E-state index contributed by atoms with van der Waals surface area (Å²) >= 11 is 3.72. The van der Waals surface area contributed by atoms with Gasteiger partial charge in [0.2, 0.25) is 0 Å². The second-order valence-electron chi connectivity index (χ2n) is 6.73. The minimum Gasteiger partial charge on any atom is -0.385 e. The first-order chi connectivity index (χ1) is 9.09. The van der Waals surface area contributed by atoms with Crippen molar-refractivity contribution in [2.75, 3.05) is 0 Å². The Morgan fingerprint density at radius 2 is 1.95 bits per heavy atom. The number of alkyl halides is 1. The highest BCUT2D eigenvalue weighted by Gasteiger charge is 2.52. The highest BCUT2D eigenvalue weighted by molar-refractivity contribution is 9.09. The summed E-state index contributed by atoms with van der Waals surface area (Å²) in [7, 11) is 0. The number of fused-ring (bicyclic) bond motifs is 1. The maximum Gasteiger partial charge on any atom is 0.127 e. The molecular formula is C15H25BrN2O. The predicted octanol–water partition coefficient (Wildman–Crippen LogP) is 2.99. The van der Waals surface area contributed by atoms with Crippen LogP contribution in [0.4, 0.5) is 0 Å². The van der Waals surface area contributed by atoms with E-state index in [0.29, 0.717) is 16.6 Å². The van der Waals surface area contributed by atoms with Crippen molar-refractivity contribution in [3.63, 3.8) is 0 Å². The second-order valence-corrected chi connectivity index (χ2v) is 8.03. The SMILES string of the molecule is NC1=NC2CCC(Br)CC2C1(O)CC1CCCCC1. The van der Waals surface area contributed by atoms with E-state index in [1.807, 2.05) is 0 Å². The van der Waals surface area contributed by atoms with Gasteiger partial charge in [0.25, 0.3) is 0 Å². The molecule has 2 fully saturated rings. The van der Waals surface area contributed by atoms with Crippen LogP contribution in [0.3, 0.4) is 0 Å². The zero-order chi connectivity index (χ0) is 13.5. The predicted molar refractivity (Wildman–Crippen MR) is 81.6 cm³/mol. The molecule has 3 aliphatic rings. The summed E-state index contributed by atoms with van der Waals surface area (Å²) in [6.07, 6.45) is 10.6. The largest absolute Gasteiger partial charge is 0.385 e. The average Bonchev–Trinajstić information content (AvgIpc) is 2.64. The molecule has 3 N–H and O–H groups in total. The Labute approximate surface area is 124 Å². The highest BCUT2D eigenvalue weighted by atomic mass is 79.9. The molecule has 4 atom stereocenters. The molecule has 2 aliphatic carbocycles. The lowest BCUT2D eigenvalue weighted by Gasteiger charge is -2.39. The lowest BCUT2D eigenvalue weighted by atomic mass is 9.70. The van der Waals surface area contributed by atoms with Crippen LogP contribution in [0.2, 0.25) is 0 Å². The van der Waals surface area contributed by atoms with Crippen molar-refractivity contribution in [1.82, 2.24) is 0 Å². The standard InChI is InChI=1S/C15H25BrN2O/c16-11-6-7-13-12(8-11)15(19,14(17)18-13)9-10-4-2-1-3-5-10/h10-13,19H,1-9H2,(H2,17,18). The van der Waals surface area contributed by atoms with Crippen LogP contribution in [-0.4, -0.2) is 27.4 Å². The monoisotopic (exact) mass is 328 g/mol. The van der Waals surface area contributed by atoms with E-state index in [1.165, 1.54) is 32.1 Å². The summed E-state index contributed by atoms with van der Waals surface area (Å²) in [5.41, 5.74) is 5.30. The maximum absolute atomic E-state index is 11.1. The third kappa shape index (κ3) is 2.58. The first kappa shape index (κ1) is 13.9. The molecule has 1 heterocycles. The van der Waals surface area contributed by atoms with Crippen molar-refractivity contribution in [3.05, 3.63) is 0 Å². The van der Waals surface area contributed by atoms with Crippen LogP contribution in [0.5, 0.6) is 0 Å². The van der Waals surface area contributed by atoms with E-state index in [9.17, 15) is 5.11 Å². The van der Waals surface area contributed by atoms with Gasteiger partial charge in [-0.05, 0) is 31.6 Å². The maximum atomic E-state index is 11.1. The van der Waals surface area contributed by atoms with Crippen LogP contribution >= 0.6 is 15.9 Å². The molecule has 0 aromatic carbocycles. The molecule has 3 rings (SSSR count). The fourth-order valence-electron chi connectivity index (χ4n) is 4.34. The Hall–Kier alpha value is -0.0900. The van der Waals surface area contributed by atoms with Crippen molar-refractivity contribution >= 4 is 21.8 Å². The molecule has 3 nitrogen and oxygen atoms in total. The topological polar surface area (TPSA) is 58.6 Å². The molecule has 0 amide bonds. The number of nitrogens with zero attached hydrogens (tertiary/aromatic N) is 1. The van der Waals surface area contributed by atoms with Gasteiger partial charge >= 0.3 is 0 Å². The minimum atomic E-state index is -0.820. The third-order valence-corrected chi connectivity index (χ3v) is 6.27. The normalized spacial score (nSPS) is 43.9. The van der Waals surface area contributed by atoms with Crippen molar-refractivity contribution < 1.29 is 5.11 Å². The number of nitrogens with two attached hydrogens (primary N) is 1. The van der Waals surface area contributed by atoms with Crippen molar-refractivity contribution in [2.45, 2.75) is 74.3 Å². The zero-order valence-electron chi connectivity index (χ0n) is 11.5. The van der Waals surface area contributed by atoms with Crippen LogP contribution in [0.15, 0.2) is 4.99 Å². The second kappa shape index (κ2) is 5.36. The molecule has 0 aromatic rings. The Balaban J connectivity index is 1.74. The van der Waals surface area contributed by atoms with E-state index in [0.717, 1.165) is 25.7 Å². The van der Waals surface area contributed by atoms with Gasteiger partial charge in [0.05, 0.1) is 6.04 Å². The fourth-order valence-corrected chi connectivity index (χ4v) is 5.01. The molecule has 19 heavy (non-hydrogen) atoms. The summed E-state index contributed by atoms with van der Waals surface area (Å²) in [6, 6.07) is 0.266. The quantitative estimate of drug-likeness (QED) is 0.765. The summed E-state index contributed by atoms with van der Waals surface area (Å²) in [6.45, 7) is 0. The van der Waals surface area contributed by atoms with Crippen LogP contribution in [0, 0.1) is 11.8 Å². The Bertz CT molecular complexity index is 367. The summed E-state index contributed by atoms with van der Waals surface area (Å²) in [5.74, 6) is 1.41. The van der Waals surface area contributed by atoms with Crippen molar-refractivity contribution in [1.29, 1.82) is 0 Å². The van der Waals surface area contributed by atoms with Gasteiger partial charge in [0, 0.05) is 10.7 Å². The summed E-state index contributed by atoms with van der Waals surface area (Å²) in [5, 5.41) is 11.1. The van der Waals surface area contributed by atoms with Gasteiger partial charge < -0.3 is 10.8 Å². The number of rotatable bonds is 2. The van der Waals surface area contributed by atoms with Gasteiger partial charge in [-0.15, -0.1) is 0 Å². The molecule has 1 aliphatic heterocycles. The molecule has 0 aromatic heterocycles. The van der Waals surface area contributed by atoms with E-state index < -0.39 is 5.60 Å². The number of hydrogen-bond acceptors (Lipinski definition) is 3. The van der Waals surface area contributed by atoms with Crippen LogP contribution < -0.4 is 5.73 Å². The first-order valence-corrected chi connectivity index (χ1v) is 8.71. The zero-order valence-corrected chi connectivity index (χ0v) is 13.1. The lowest BCUT2D eigenvalue weighted by Crippen LogP contribution is -2.51. The van der Waals surface area contributed by atoms with Crippen molar-refractivity contribution in [2.24, 2.45) is 22.6 Å². The van der Waals surface area contributed by atoms with Gasteiger partial charge in [0.1, 0.15) is 11.4 Å². The number of aliphatic imine (C=N–C) groups is 1. The van der Waals surface area contributed by atoms with Crippen LogP contribution in [0.25, 0.3) is 0 Å². The first-order valence-electron chi connectivity index (χ1n) is 7.80. The van der Waals surface area contributed by atoms with E-state index in [-0.39, 0.29) is 12.0 Å². The molecule has 0 saturated heterocycles. The lowest BCUT2D eigenvalue weighted by molar-refractivity contribution is 0.00950. The van der Waals surface area contributed by atoms with Crippen LogP contribution in [0.1, 0.15) is 57.8 Å². The fraction of sp³-hybridized carbons (Fsp3) is 0.933. The molecule has 0 radical (unpaired) electrons. The molecule has 2 saturated carbocycles. The molecule has 0 spiro atoms. The Morgan fingerprint density at radius 3 is 2.68 bits per heavy atom. The van der Waals surface area contributed by atoms with E-state index in [4.69, 9.17) is 5.73 Å². The van der Waals surface area contributed by atoms with Crippen LogP contribution in [-0.2, 0) is 0 Å². The van der Waals surface area contributed by atoms with E-state index in [1.54, 1.807) is 0 Å². The minimum absolute atomic E-state index is 0.243. The third-order valence-electron chi connectivity index (χ3n) is 5.44. The van der Waals surface area contributed by atoms with Gasteiger partial charge in [-0.2, -0.15) is 0 Å². The molecule has 108 valence electrons. The number of hydrogen-bond donors (Lipinski definition) is 2. The van der Waals surface area contributed by atoms with E-state index in [2.05, 4.69) is 20.9 Å². The molecule has 4 heteroatoms. The molecule has 0 bridgehead atoms. The van der Waals surface area contributed by atoms with Gasteiger partial charge in [-0.25, -0.2) is 0 Å². The smallest absolute Gasteiger partial charge is 0.127 e. The highest BCUT2D eigenvalue weighted by Crippen LogP contribution is 2.46. The Morgan fingerprint density at radius 1 is 1.21 bits per heavy atom. The van der Waals surface area contributed by atoms with Crippen molar-refractivity contribution in [3.8, 4) is 0 Å². The molecular weight excluding hydrogens is 304 g/mol. The summed E-state index contributed by atoms with van der Waals surface area (Å²) < 4.78 is 0.